The third kappa shape index (κ3) is 5.51. The summed E-state index contributed by atoms with van der Waals surface area (Å²) in [6, 6.07) is 16.4. The molecule has 6 rings (SSSR count). The van der Waals surface area contributed by atoms with Crippen LogP contribution in [0, 0.1) is 6.92 Å². The Kier molecular flexibility index (Phi) is 7.49. The van der Waals surface area contributed by atoms with Crippen molar-refractivity contribution in [1.82, 2.24) is 19.7 Å². The van der Waals surface area contributed by atoms with Crippen molar-refractivity contribution in [3.05, 3.63) is 64.7 Å². The molecule has 3 heterocycles. The Balaban J connectivity index is 1.52. The maximum Gasteiger partial charge on any atom is 0.337 e. The summed E-state index contributed by atoms with van der Waals surface area (Å²) in [5, 5.41) is 17.8. The zero-order chi connectivity index (χ0) is 30.8. The molecule has 1 aliphatic heterocycles. The zero-order valence-corrected chi connectivity index (χ0v) is 27.0. The fraction of sp³-hybridized carbons (Fsp3) is 0.364. The van der Waals surface area contributed by atoms with E-state index in [9.17, 15) is 9.90 Å². The fourth-order valence-electron chi connectivity index (χ4n) is 5.73. The Morgan fingerprint density at radius 3 is 2.42 bits per heavy atom. The molecule has 2 aromatic heterocycles. The second-order valence-corrected chi connectivity index (χ2v) is 13.9. The maximum atomic E-state index is 12.7. The Bertz CT molecular complexity index is 1850. The van der Waals surface area contributed by atoms with Crippen LogP contribution in [0.15, 0.2) is 48.5 Å². The monoisotopic (exact) mass is 617 g/mol. The summed E-state index contributed by atoms with van der Waals surface area (Å²) in [6.07, 6.45) is -1.16. The normalized spacial score (nSPS) is 15.0. The maximum absolute atomic E-state index is 12.7. The van der Waals surface area contributed by atoms with Crippen LogP contribution in [0.25, 0.3) is 42.8 Å². The number of halogens is 1. The fourth-order valence-corrected chi connectivity index (χ4v) is 6.98. The van der Waals surface area contributed by atoms with Crippen molar-refractivity contribution in [3.63, 3.8) is 0 Å². The van der Waals surface area contributed by atoms with Crippen molar-refractivity contribution in [2.75, 3.05) is 32.1 Å². The summed E-state index contributed by atoms with van der Waals surface area (Å²) >= 11 is 7.81. The van der Waals surface area contributed by atoms with Gasteiger partial charge >= 0.3 is 5.97 Å². The lowest BCUT2D eigenvalue weighted by Crippen LogP contribution is -2.57. The summed E-state index contributed by atoms with van der Waals surface area (Å²) in [5.41, 5.74) is 5.33. The average Bonchev–Trinajstić information content (AvgIpc) is 3.46. The molecule has 3 aromatic carbocycles. The standard InChI is InChI=1S/C33H36ClN5O3S/c1-18-14-24-29(27(19-8-11-21(34)12-9-19)26(18)28(32(40)41)42-33(2,3)4)43-31(35-24)20-10-13-25-23(15-20)30(36-38(25)7)39-16-22(17-39)37(5)6/h8-15,22,28H,16-17H2,1-7H3,(H,40,41)/t28-/m0/s1. The lowest BCUT2D eigenvalue weighted by molar-refractivity contribution is -0.160. The summed E-state index contributed by atoms with van der Waals surface area (Å²) < 4.78 is 9.00. The molecule has 10 heteroatoms. The highest BCUT2D eigenvalue weighted by Gasteiger charge is 2.33. The van der Waals surface area contributed by atoms with Gasteiger partial charge in [-0.25, -0.2) is 9.78 Å². The van der Waals surface area contributed by atoms with E-state index >= 15 is 0 Å². The predicted molar refractivity (Wildman–Crippen MR) is 175 cm³/mol. The van der Waals surface area contributed by atoms with Crippen molar-refractivity contribution in [1.29, 1.82) is 0 Å². The molecule has 1 saturated heterocycles. The van der Waals surface area contributed by atoms with Gasteiger partial charge in [-0.2, -0.15) is 5.10 Å². The Hall–Kier alpha value is -3.50. The van der Waals surface area contributed by atoms with Crippen LogP contribution in [0.5, 0.6) is 0 Å². The van der Waals surface area contributed by atoms with Gasteiger partial charge in [-0.05, 0) is 89.3 Å². The van der Waals surface area contributed by atoms with E-state index in [0.29, 0.717) is 16.6 Å². The third-order valence-electron chi connectivity index (χ3n) is 7.99. The van der Waals surface area contributed by atoms with Crippen LogP contribution in [0.2, 0.25) is 5.02 Å². The van der Waals surface area contributed by atoms with E-state index in [1.54, 1.807) is 11.3 Å². The number of fused-ring (bicyclic) bond motifs is 2. The number of ether oxygens (including phenoxy) is 1. The van der Waals surface area contributed by atoms with Crippen molar-refractivity contribution in [3.8, 4) is 21.7 Å². The molecule has 43 heavy (non-hydrogen) atoms. The Morgan fingerprint density at radius 1 is 1.12 bits per heavy atom. The molecule has 1 aliphatic rings. The number of nitrogens with zero attached hydrogens (tertiary/aromatic N) is 5. The lowest BCUT2D eigenvalue weighted by atomic mass is 9.91. The zero-order valence-electron chi connectivity index (χ0n) is 25.5. The van der Waals surface area contributed by atoms with Crippen molar-refractivity contribution in [2.45, 2.75) is 45.4 Å². The van der Waals surface area contributed by atoms with E-state index in [4.69, 9.17) is 26.4 Å². The summed E-state index contributed by atoms with van der Waals surface area (Å²) in [4.78, 5) is 22.3. The largest absolute Gasteiger partial charge is 0.479 e. The minimum atomic E-state index is -1.16. The number of hydrogen-bond acceptors (Lipinski definition) is 7. The highest BCUT2D eigenvalue weighted by atomic mass is 35.5. The topological polar surface area (TPSA) is 83.7 Å². The number of carboxylic acid groups (broad SMARTS) is 1. The van der Waals surface area contributed by atoms with E-state index in [1.165, 1.54) is 0 Å². The first-order chi connectivity index (χ1) is 20.3. The van der Waals surface area contributed by atoms with Crippen LogP contribution in [-0.2, 0) is 16.6 Å². The average molecular weight is 618 g/mol. The molecule has 0 amide bonds. The van der Waals surface area contributed by atoms with Gasteiger partial charge in [0.25, 0.3) is 0 Å². The number of aliphatic carboxylic acids is 1. The highest BCUT2D eigenvalue weighted by molar-refractivity contribution is 7.22. The van der Waals surface area contributed by atoms with E-state index in [0.717, 1.165) is 67.3 Å². The number of carbonyl (C=O) groups is 1. The molecule has 1 fully saturated rings. The first-order valence-corrected chi connectivity index (χ1v) is 15.5. The first kappa shape index (κ1) is 29.6. The highest BCUT2D eigenvalue weighted by Crippen LogP contribution is 2.45. The molecule has 8 nitrogen and oxygen atoms in total. The molecule has 0 spiro atoms. The summed E-state index contributed by atoms with van der Waals surface area (Å²) in [5.74, 6) is -0.0449. The van der Waals surface area contributed by atoms with E-state index in [1.807, 2.05) is 69.8 Å². The van der Waals surface area contributed by atoms with Gasteiger partial charge in [0.15, 0.2) is 11.9 Å². The van der Waals surface area contributed by atoms with Gasteiger partial charge in [-0.15, -0.1) is 11.3 Å². The van der Waals surface area contributed by atoms with Gasteiger partial charge in [0.2, 0.25) is 0 Å². The summed E-state index contributed by atoms with van der Waals surface area (Å²) in [7, 11) is 6.21. The van der Waals surface area contributed by atoms with Gasteiger partial charge in [-0.1, -0.05) is 23.7 Å². The van der Waals surface area contributed by atoms with E-state index in [2.05, 4.69) is 42.1 Å². The molecule has 1 atom stereocenters. The molecule has 1 N–H and O–H groups in total. The number of carboxylic acids is 1. The number of benzene rings is 3. The van der Waals surface area contributed by atoms with Crippen LogP contribution in [0.1, 0.15) is 38.0 Å². The minimum Gasteiger partial charge on any atom is -0.479 e. The Labute approximate surface area is 260 Å². The van der Waals surface area contributed by atoms with Crippen molar-refractivity contribution in [2.24, 2.45) is 7.05 Å². The van der Waals surface area contributed by atoms with Crippen molar-refractivity contribution < 1.29 is 14.6 Å². The number of likely N-dealkylation sites (N-methyl/N-ethyl adjacent to an activating group) is 1. The van der Waals surface area contributed by atoms with Crippen LogP contribution in [-0.4, -0.2) is 69.6 Å². The predicted octanol–water partition coefficient (Wildman–Crippen LogP) is 7.17. The molecule has 0 unspecified atom stereocenters. The first-order valence-electron chi connectivity index (χ1n) is 14.3. The number of hydrogen-bond donors (Lipinski definition) is 1. The van der Waals surface area contributed by atoms with Crippen LogP contribution >= 0.6 is 22.9 Å². The van der Waals surface area contributed by atoms with Crippen LogP contribution < -0.4 is 4.90 Å². The van der Waals surface area contributed by atoms with E-state index < -0.39 is 17.7 Å². The SMILES string of the molecule is Cc1cc2nc(-c3ccc4c(c3)c(N3CC(N(C)C)C3)nn4C)sc2c(-c2ccc(Cl)cc2)c1[C@H](OC(C)(C)C)C(=O)O. The number of aryl methyl sites for hydroxylation is 2. The molecule has 0 radical (unpaired) electrons. The van der Waals surface area contributed by atoms with Gasteiger partial charge < -0.3 is 19.6 Å². The number of aromatic nitrogens is 3. The minimum absolute atomic E-state index is 0.519. The molecule has 0 bridgehead atoms. The quantitative estimate of drug-likeness (QED) is 0.207. The molecule has 5 aromatic rings. The van der Waals surface area contributed by atoms with Crippen molar-refractivity contribution >= 4 is 55.8 Å². The molecule has 0 saturated carbocycles. The summed E-state index contributed by atoms with van der Waals surface area (Å²) in [6.45, 7) is 9.42. The smallest absolute Gasteiger partial charge is 0.337 e. The van der Waals surface area contributed by atoms with Gasteiger partial charge in [0, 0.05) is 53.3 Å². The number of thiazole rings is 1. The molecule has 224 valence electrons. The Morgan fingerprint density at radius 2 is 1.79 bits per heavy atom. The van der Waals surface area contributed by atoms with Crippen LogP contribution in [0.4, 0.5) is 5.82 Å². The molecular formula is C33H36ClN5O3S. The number of rotatable bonds is 7. The van der Waals surface area contributed by atoms with Gasteiger partial charge in [0.1, 0.15) is 5.01 Å². The van der Waals surface area contributed by atoms with Crippen LogP contribution in [0.3, 0.4) is 0 Å². The third-order valence-corrected chi connectivity index (χ3v) is 9.38. The second kappa shape index (κ2) is 10.9. The lowest BCUT2D eigenvalue weighted by Gasteiger charge is -2.43. The van der Waals surface area contributed by atoms with Gasteiger partial charge in [0.05, 0.1) is 21.3 Å². The van der Waals surface area contributed by atoms with E-state index in [-0.39, 0.29) is 0 Å². The second-order valence-electron chi connectivity index (χ2n) is 12.5. The molecular weight excluding hydrogens is 582 g/mol. The molecule has 0 aliphatic carbocycles. The van der Waals surface area contributed by atoms with Gasteiger partial charge in [-0.3, -0.25) is 4.68 Å². The number of anilines is 1.